The lowest BCUT2D eigenvalue weighted by atomic mass is 10.3. The van der Waals surface area contributed by atoms with Crippen molar-refractivity contribution in [3.63, 3.8) is 0 Å². The summed E-state index contributed by atoms with van der Waals surface area (Å²) in [5, 5.41) is 2.49. The predicted molar refractivity (Wildman–Crippen MR) is 67.8 cm³/mol. The van der Waals surface area contributed by atoms with Crippen molar-refractivity contribution >= 4 is 28.1 Å². The molecule has 0 unspecified atom stereocenters. The van der Waals surface area contributed by atoms with E-state index >= 15 is 0 Å². The number of hydrogen-bond acceptors (Lipinski definition) is 5. The van der Waals surface area contributed by atoms with Gasteiger partial charge in [0.1, 0.15) is 16.4 Å². The summed E-state index contributed by atoms with van der Waals surface area (Å²) in [4.78, 5) is 15.6. The van der Waals surface area contributed by atoms with E-state index in [1.54, 1.807) is 6.92 Å². The maximum absolute atomic E-state index is 13.5. The largest absolute Gasteiger partial charge is 0.465 e. The van der Waals surface area contributed by atoms with Crippen LogP contribution in [0.2, 0.25) is 0 Å². The van der Waals surface area contributed by atoms with Gasteiger partial charge in [-0.15, -0.1) is 0 Å². The average molecular weight is 302 g/mol. The molecule has 1 aromatic heterocycles. The number of rotatable bonds is 3. The SMILES string of the molecule is COC(=O)c1sc(Nc2c(F)cc(F)cc2F)nc1C. The Morgan fingerprint density at radius 3 is 2.45 bits per heavy atom. The molecule has 4 nitrogen and oxygen atoms in total. The van der Waals surface area contributed by atoms with Crippen molar-refractivity contribution < 1.29 is 22.7 Å². The Labute approximate surface area is 116 Å². The van der Waals surface area contributed by atoms with Gasteiger partial charge >= 0.3 is 5.97 Å². The summed E-state index contributed by atoms with van der Waals surface area (Å²) < 4.78 is 44.3. The van der Waals surface area contributed by atoms with Crippen LogP contribution in [-0.4, -0.2) is 18.1 Å². The number of carbonyl (C=O) groups is 1. The molecule has 1 heterocycles. The number of carbonyl (C=O) groups excluding carboxylic acids is 1. The molecule has 0 bridgehead atoms. The highest BCUT2D eigenvalue weighted by Gasteiger charge is 2.18. The molecule has 0 amide bonds. The molecular formula is C12H9F3N2O2S. The summed E-state index contributed by atoms with van der Waals surface area (Å²) in [5.74, 6) is -3.78. The van der Waals surface area contributed by atoms with Crippen LogP contribution in [-0.2, 0) is 4.74 Å². The molecule has 8 heteroatoms. The number of aryl methyl sites for hydroxylation is 1. The number of nitrogens with zero attached hydrogens (tertiary/aromatic N) is 1. The molecule has 0 aliphatic carbocycles. The highest BCUT2D eigenvalue weighted by atomic mass is 32.1. The molecule has 106 valence electrons. The zero-order chi connectivity index (χ0) is 14.9. The smallest absolute Gasteiger partial charge is 0.350 e. The summed E-state index contributed by atoms with van der Waals surface area (Å²) >= 11 is 0.885. The van der Waals surface area contributed by atoms with Gasteiger partial charge in [0.25, 0.3) is 0 Å². The van der Waals surface area contributed by atoms with E-state index in [0.717, 1.165) is 11.3 Å². The van der Waals surface area contributed by atoms with Crippen LogP contribution in [0, 0.1) is 24.4 Å². The fraction of sp³-hybridized carbons (Fsp3) is 0.167. The minimum atomic E-state index is -1.09. The van der Waals surface area contributed by atoms with Crippen LogP contribution in [0.3, 0.4) is 0 Å². The standard InChI is InChI=1S/C12H9F3N2O2S/c1-5-10(11(18)19-2)20-12(16-5)17-9-7(14)3-6(13)4-8(9)15/h3-4H,1-2H3,(H,16,17). The molecule has 2 rings (SSSR count). The third-order valence-electron chi connectivity index (χ3n) is 2.41. The van der Waals surface area contributed by atoms with Crippen molar-refractivity contribution in [3.05, 3.63) is 40.2 Å². The number of hydrogen-bond donors (Lipinski definition) is 1. The first-order valence-electron chi connectivity index (χ1n) is 5.39. The minimum absolute atomic E-state index is 0.104. The predicted octanol–water partition coefficient (Wildman–Crippen LogP) is 3.40. The number of methoxy groups -OCH3 is 1. The molecule has 0 saturated carbocycles. The number of halogens is 3. The number of esters is 1. The van der Waals surface area contributed by atoms with Crippen molar-refractivity contribution in [1.82, 2.24) is 4.98 Å². The number of anilines is 2. The van der Waals surface area contributed by atoms with E-state index in [2.05, 4.69) is 15.0 Å². The number of thiazole rings is 1. The van der Waals surface area contributed by atoms with Crippen molar-refractivity contribution in [1.29, 1.82) is 0 Å². The number of ether oxygens (including phenoxy) is 1. The van der Waals surface area contributed by atoms with E-state index in [4.69, 9.17) is 0 Å². The summed E-state index contributed by atoms with van der Waals surface area (Å²) in [6, 6.07) is 1.10. The first kappa shape index (κ1) is 14.3. The van der Waals surface area contributed by atoms with Gasteiger partial charge in [-0.2, -0.15) is 0 Å². The Hall–Kier alpha value is -2.09. The Morgan fingerprint density at radius 1 is 1.30 bits per heavy atom. The molecule has 0 atom stereocenters. The van der Waals surface area contributed by atoms with Crippen LogP contribution in [0.15, 0.2) is 12.1 Å². The van der Waals surface area contributed by atoms with Crippen LogP contribution in [0.1, 0.15) is 15.4 Å². The fourth-order valence-electron chi connectivity index (χ4n) is 1.50. The Balaban J connectivity index is 2.34. The van der Waals surface area contributed by atoms with Gasteiger partial charge in [0.2, 0.25) is 0 Å². The Kier molecular flexibility index (Phi) is 3.93. The van der Waals surface area contributed by atoms with Gasteiger partial charge in [0, 0.05) is 12.1 Å². The van der Waals surface area contributed by atoms with Crippen LogP contribution >= 0.6 is 11.3 Å². The molecule has 2 aromatic rings. The van der Waals surface area contributed by atoms with E-state index in [1.165, 1.54) is 7.11 Å². The monoisotopic (exact) mass is 302 g/mol. The second kappa shape index (κ2) is 5.49. The van der Waals surface area contributed by atoms with Gasteiger partial charge < -0.3 is 10.1 Å². The maximum Gasteiger partial charge on any atom is 0.350 e. The van der Waals surface area contributed by atoms with E-state index < -0.39 is 29.1 Å². The van der Waals surface area contributed by atoms with Gasteiger partial charge in [0.15, 0.2) is 16.8 Å². The van der Waals surface area contributed by atoms with E-state index in [1.807, 2.05) is 0 Å². The normalized spacial score (nSPS) is 10.4. The molecular weight excluding hydrogens is 293 g/mol. The third kappa shape index (κ3) is 2.74. The van der Waals surface area contributed by atoms with Crippen LogP contribution < -0.4 is 5.32 Å². The molecule has 0 aliphatic heterocycles. The van der Waals surface area contributed by atoms with E-state index in [-0.39, 0.29) is 10.0 Å². The number of aromatic nitrogens is 1. The van der Waals surface area contributed by atoms with Gasteiger partial charge in [-0.25, -0.2) is 22.9 Å². The Morgan fingerprint density at radius 2 is 1.90 bits per heavy atom. The van der Waals surface area contributed by atoms with Crippen LogP contribution in [0.4, 0.5) is 24.0 Å². The molecule has 0 fully saturated rings. The first-order chi connectivity index (χ1) is 9.42. The van der Waals surface area contributed by atoms with Crippen LogP contribution in [0.5, 0.6) is 0 Å². The van der Waals surface area contributed by atoms with Gasteiger partial charge in [-0.05, 0) is 6.92 Å². The van der Waals surface area contributed by atoms with Crippen molar-refractivity contribution in [2.24, 2.45) is 0 Å². The quantitative estimate of drug-likeness (QED) is 0.883. The molecule has 0 radical (unpaired) electrons. The molecule has 0 aliphatic rings. The second-order valence-corrected chi connectivity index (χ2v) is 4.79. The summed E-state index contributed by atoms with van der Waals surface area (Å²) in [6.07, 6.45) is 0. The lowest BCUT2D eigenvalue weighted by Gasteiger charge is -2.05. The molecule has 0 spiro atoms. The van der Waals surface area contributed by atoms with Gasteiger partial charge in [0.05, 0.1) is 12.8 Å². The van der Waals surface area contributed by atoms with Gasteiger partial charge in [-0.1, -0.05) is 11.3 Å². The number of nitrogens with one attached hydrogen (secondary N) is 1. The first-order valence-corrected chi connectivity index (χ1v) is 6.21. The zero-order valence-electron chi connectivity index (χ0n) is 10.5. The highest BCUT2D eigenvalue weighted by Crippen LogP contribution is 2.29. The zero-order valence-corrected chi connectivity index (χ0v) is 11.3. The van der Waals surface area contributed by atoms with E-state index in [0.29, 0.717) is 17.8 Å². The lowest BCUT2D eigenvalue weighted by molar-refractivity contribution is 0.0605. The minimum Gasteiger partial charge on any atom is -0.465 e. The maximum atomic E-state index is 13.5. The molecule has 1 aromatic carbocycles. The summed E-state index contributed by atoms with van der Waals surface area (Å²) in [6.45, 7) is 1.56. The third-order valence-corrected chi connectivity index (χ3v) is 3.46. The fourth-order valence-corrected chi connectivity index (χ4v) is 2.39. The van der Waals surface area contributed by atoms with Crippen molar-refractivity contribution in [2.75, 3.05) is 12.4 Å². The van der Waals surface area contributed by atoms with E-state index in [9.17, 15) is 18.0 Å². The topological polar surface area (TPSA) is 51.2 Å². The number of benzene rings is 1. The highest BCUT2D eigenvalue weighted by molar-refractivity contribution is 7.17. The van der Waals surface area contributed by atoms with Crippen molar-refractivity contribution in [2.45, 2.75) is 6.92 Å². The summed E-state index contributed by atoms with van der Waals surface area (Å²) in [5.41, 5.74) is -0.163. The lowest BCUT2D eigenvalue weighted by Crippen LogP contribution is -1.99. The Bertz CT molecular complexity index is 650. The second-order valence-electron chi connectivity index (χ2n) is 3.79. The molecule has 0 saturated heterocycles. The van der Waals surface area contributed by atoms with Crippen molar-refractivity contribution in [3.8, 4) is 0 Å². The summed E-state index contributed by atoms with van der Waals surface area (Å²) in [7, 11) is 1.22. The average Bonchev–Trinajstić information content (AvgIpc) is 2.74. The molecule has 1 N–H and O–H groups in total. The molecule has 20 heavy (non-hydrogen) atoms. The van der Waals surface area contributed by atoms with Crippen LogP contribution in [0.25, 0.3) is 0 Å². The van der Waals surface area contributed by atoms with Gasteiger partial charge in [-0.3, -0.25) is 0 Å².